The Balaban J connectivity index is 2.17. The van der Waals surface area contributed by atoms with Gasteiger partial charge in [-0.15, -0.1) is 0 Å². The summed E-state index contributed by atoms with van der Waals surface area (Å²) in [5.74, 6) is 0. The predicted molar refractivity (Wildman–Crippen MR) is 65.0 cm³/mol. The van der Waals surface area contributed by atoms with Crippen molar-refractivity contribution in [3.63, 3.8) is 0 Å². The number of aromatic amines is 1. The first-order valence-corrected chi connectivity index (χ1v) is 5.22. The molecule has 0 aliphatic rings. The maximum absolute atomic E-state index is 11.0. The molecule has 0 saturated carbocycles. The highest BCUT2D eigenvalue weighted by molar-refractivity contribution is 6.06. The van der Waals surface area contributed by atoms with E-state index in [1.165, 1.54) is 5.56 Å². The van der Waals surface area contributed by atoms with Crippen molar-refractivity contribution < 1.29 is 4.79 Å². The third-order valence-corrected chi connectivity index (χ3v) is 2.45. The third kappa shape index (κ3) is 2.48. The molecule has 2 rings (SSSR count). The summed E-state index contributed by atoms with van der Waals surface area (Å²) in [6.07, 6.45) is 7.44. The van der Waals surface area contributed by atoms with Crippen LogP contribution in [0.1, 0.15) is 11.1 Å². The van der Waals surface area contributed by atoms with E-state index in [0.717, 1.165) is 23.8 Å². The van der Waals surface area contributed by atoms with Crippen LogP contribution < -0.4 is 0 Å². The number of allylic oxidation sites excluding steroid dienone is 2. The lowest BCUT2D eigenvalue weighted by atomic mass is 10.1. The average molecular weight is 211 g/mol. The SMILES string of the molecule is O=CC(=CCc1cc[nH]c1)c1ccccc1. The van der Waals surface area contributed by atoms with Crippen molar-refractivity contribution in [1.82, 2.24) is 4.98 Å². The summed E-state index contributed by atoms with van der Waals surface area (Å²) >= 11 is 0. The highest BCUT2D eigenvalue weighted by Crippen LogP contribution is 2.12. The number of hydrogen-bond acceptors (Lipinski definition) is 1. The summed E-state index contributed by atoms with van der Waals surface area (Å²) in [6.45, 7) is 0. The van der Waals surface area contributed by atoms with Crippen LogP contribution in [0.15, 0.2) is 54.9 Å². The number of carbonyl (C=O) groups excluding carboxylic acids is 1. The van der Waals surface area contributed by atoms with Crippen LogP contribution in [0.25, 0.3) is 5.57 Å². The minimum atomic E-state index is 0.738. The zero-order chi connectivity index (χ0) is 11.2. The lowest BCUT2D eigenvalue weighted by molar-refractivity contribution is -0.103. The second-order valence-electron chi connectivity index (χ2n) is 3.57. The lowest BCUT2D eigenvalue weighted by Gasteiger charge is -1.99. The zero-order valence-corrected chi connectivity index (χ0v) is 8.89. The maximum atomic E-state index is 11.0. The minimum Gasteiger partial charge on any atom is -0.367 e. The van der Waals surface area contributed by atoms with E-state index < -0.39 is 0 Å². The standard InChI is InChI=1S/C14H13NO/c16-11-14(13-4-2-1-3-5-13)7-6-12-8-9-15-10-12/h1-5,7-11,15H,6H2. The van der Waals surface area contributed by atoms with Gasteiger partial charge in [-0.3, -0.25) is 4.79 Å². The number of carbonyl (C=O) groups is 1. The molecule has 0 saturated heterocycles. The Morgan fingerprint density at radius 3 is 2.62 bits per heavy atom. The summed E-state index contributed by atoms with van der Waals surface area (Å²) in [5.41, 5.74) is 2.88. The number of H-pyrrole nitrogens is 1. The van der Waals surface area contributed by atoms with Gasteiger partial charge in [0.2, 0.25) is 0 Å². The van der Waals surface area contributed by atoms with Crippen LogP contribution in [-0.2, 0) is 11.2 Å². The minimum absolute atomic E-state index is 0.738. The van der Waals surface area contributed by atoms with Gasteiger partial charge in [0.1, 0.15) is 6.29 Å². The van der Waals surface area contributed by atoms with Crippen molar-refractivity contribution >= 4 is 11.9 Å². The molecule has 2 aromatic rings. The van der Waals surface area contributed by atoms with E-state index in [-0.39, 0.29) is 0 Å². The largest absolute Gasteiger partial charge is 0.367 e. The van der Waals surface area contributed by atoms with Gasteiger partial charge in [-0.2, -0.15) is 0 Å². The van der Waals surface area contributed by atoms with Gasteiger partial charge in [-0.25, -0.2) is 0 Å². The molecule has 0 radical (unpaired) electrons. The van der Waals surface area contributed by atoms with Crippen molar-refractivity contribution in [2.45, 2.75) is 6.42 Å². The summed E-state index contributed by atoms with van der Waals surface area (Å²) in [4.78, 5) is 14.0. The molecule has 1 aromatic heterocycles. The van der Waals surface area contributed by atoms with Gasteiger partial charge in [-0.05, 0) is 23.6 Å². The fourth-order valence-electron chi connectivity index (χ4n) is 1.58. The van der Waals surface area contributed by atoms with E-state index in [2.05, 4.69) is 4.98 Å². The van der Waals surface area contributed by atoms with Crippen molar-refractivity contribution in [3.05, 3.63) is 66.0 Å². The molecule has 0 aliphatic heterocycles. The summed E-state index contributed by atoms with van der Waals surface area (Å²) < 4.78 is 0. The van der Waals surface area contributed by atoms with Crippen LogP contribution in [0.4, 0.5) is 0 Å². The topological polar surface area (TPSA) is 32.9 Å². The van der Waals surface area contributed by atoms with Gasteiger partial charge in [0, 0.05) is 18.0 Å². The Morgan fingerprint density at radius 2 is 2.00 bits per heavy atom. The molecule has 2 heteroatoms. The second kappa shape index (κ2) is 5.12. The molecule has 0 bridgehead atoms. The molecule has 0 aliphatic carbocycles. The van der Waals surface area contributed by atoms with Crippen LogP contribution in [0, 0.1) is 0 Å². The number of nitrogens with one attached hydrogen (secondary N) is 1. The summed E-state index contributed by atoms with van der Waals surface area (Å²) in [5, 5.41) is 0. The molecule has 0 unspecified atom stereocenters. The van der Waals surface area contributed by atoms with E-state index in [1.807, 2.05) is 54.9 Å². The van der Waals surface area contributed by atoms with E-state index in [1.54, 1.807) is 0 Å². The normalized spacial score (nSPS) is 11.4. The third-order valence-electron chi connectivity index (χ3n) is 2.45. The number of benzene rings is 1. The number of aldehydes is 1. The lowest BCUT2D eigenvalue weighted by Crippen LogP contribution is -1.87. The van der Waals surface area contributed by atoms with Gasteiger partial charge in [-0.1, -0.05) is 36.4 Å². The summed E-state index contributed by atoms with van der Waals surface area (Å²) in [6, 6.07) is 11.7. The fourth-order valence-corrected chi connectivity index (χ4v) is 1.58. The van der Waals surface area contributed by atoms with Crippen LogP contribution in [0.3, 0.4) is 0 Å². The Bertz CT molecular complexity index is 469. The maximum Gasteiger partial charge on any atom is 0.150 e. The molecular formula is C14H13NO. The van der Waals surface area contributed by atoms with Crippen molar-refractivity contribution in [3.8, 4) is 0 Å². The van der Waals surface area contributed by atoms with Crippen LogP contribution >= 0.6 is 0 Å². The van der Waals surface area contributed by atoms with Crippen molar-refractivity contribution in [2.75, 3.05) is 0 Å². The molecule has 0 spiro atoms. The number of hydrogen-bond donors (Lipinski definition) is 1. The summed E-state index contributed by atoms with van der Waals surface area (Å²) in [7, 11) is 0. The smallest absolute Gasteiger partial charge is 0.150 e. The van der Waals surface area contributed by atoms with Gasteiger partial charge in [0.25, 0.3) is 0 Å². The fraction of sp³-hybridized carbons (Fsp3) is 0.0714. The monoisotopic (exact) mass is 211 g/mol. The molecule has 0 amide bonds. The van der Waals surface area contributed by atoms with Crippen molar-refractivity contribution in [1.29, 1.82) is 0 Å². The second-order valence-corrected chi connectivity index (χ2v) is 3.57. The molecule has 80 valence electrons. The Kier molecular flexibility index (Phi) is 3.34. The Hall–Kier alpha value is -2.09. The van der Waals surface area contributed by atoms with E-state index in [4.69, 9.17) is 0 Å². The van der Waals surface area contributed by atoms with Crippen LogP contribution in [0.2, 0.25) is 0 Å². The highest BCUT2D eigenvalue weighted by atomic mass is 16.1. The molecule has 0 atom stereocenters. The first-order valence-electron chi connectivity index (χ1n) is 5.22. The first-order chi connectivity index (χ1) is 7.90. The average Bonchev–Trinajstić information content (AvgIpc) is 2.84. The molecule has 1 heterocycles. The van der Waals surface area contributed by atoms with Crippen molar-refractivity contribution in [2.24, 2.45) is 0 Å². The molecule has 2 nitrogen and oxygen atoms in total. The quantitative estimate of drug-likeness (QED) is 0.612. The first kappa shape index (κ1) is 10.4. The van der Waals surface area contributed by atoms with Crippen LogP contribution in [-0.4, -0.2) is 11.3 Å². The Labute approximate surface area is 94.6 Å². The van der Waals surface area contributed by atoms with Gasteiger partial charge in [0.15, 0.2) is 0 Å². The zero-order valence-electron chi connectivity index (χ0n) is 8.89. The Morgan fingerprint density at radius 1 is 1.19 bits per heavy atom. The molecule has 1 aromatic carbocycles. The van der Waals surface area contributed by atoms with Crippen LogP contribution in [0.5, 0.6) is 0 Å². The van der Waals surface area contributed by atoms with E-state index in [0.29, 0.717) is 0 Å². The van der Waals surface area contributed by atoms with Gasteiger partial charge >= 0.3 is 0 Å². The molecule has 0 fully saturated rings. The van der Waals surface area contributed by atoms with Gasteiger partial charge in [0.05, 0.1) is 0 Å². The number of aromatic nitrogens is 1. The van der Waals surface area contributed by atoms with Gasteiger partial charge < -0.3 is 4.98 Å². The van der Waals surface area contributed by atoms with E-state index >= 15 is 0 Å². The molecule has 16 heavy (non-hydrogen) atoms. The molecule has 1 N–H and O–H groups in total. The predicted octanol–water partition coefficient (Wildman–Crippen LogP) is 2.84. The highest BCUT2D eigenvalue weighted by Gasteiger charge is 1.98. The number of rotatable bonds is 4. The molecular weight excluding hydrogens is 198 g/mol. The van der Waals surface area contributed by atoms with E-state index in [9.17, 15) is 4.79 Å².